The Morgan fingerprint density at radius 1 is 1.53 bits per heavy atom. The number of carboxylic acid groups (broad SMARTS) is 1. The lowest BCUT2D eigenvalue weighted by atomic mass is 10.0. The van der Waals surface area contributed by atoms with Crippen LogP contribution in [0.25, 0.3) is 0 Å². The quantitative estimate of drug-likeness (QED) is 0.729. The van der Waals surface area contributed by atoms with E-state index in [2.05, 4.69) is 20.7 Å². The number of carbonyl (C=O) groups is 1. The van der Waals surface area contributed by atoms with E-state index in [-0.39, 0.29) is 9.56 Å². The van der Waals surface area contributed by atoms with Gasteiger partial charge in [0.2, 0.25) is 15.8 Å². The highest BCUT2D eigenvalue weighted by Crippen LogP contribution is 2.27. The van der Waals surface area contributed by atoms with Gasteiger partial charge < -0.3 is 14.6 Å². The number of aliphatic hydroxyl groups is 1. The summed E-state index contributed by atoms with van der Waals surface area (Å²) in [6.07, 6.45) is -0.938. The molecule has 1 aromatic rings. The average Bonchev–Trinajstić information content (AvgIpc) is 2.59. The highest BCUT2D eigenvalue weighted by atomic mass is 79.9. The molecule has 0 fully saturated rings. The number of carboxylic acids is 1. The van der Waals surface area contributed by atoms with E-state index >= 15 is 0 Å². The molecule has 1 unspecified atom stereocenters. The fourth-order valence-corrected chi connectivity index (χ4v) is 3.54. The molecule has 0 saturated carbocycles. The van der Waals surface area contributed by atoms with E-state index in [0.717, 1.165) is 6.07 Å². The van der Waals surface area contributed by atoms with Crippen molar-refractivity contribution in [3.63, 3.8) is 0 Å². The molecule has 0 spiro atoms. The Balaban J connectivity index is 3.18. The van der Waals surface area contributed by atoms with E-state index in [1.807, 2.05) is 0 Å². The van der Waals surface area contributed by atoms with Gasteiger partial charge in [-0.3, -0.25) is 0 Å². The van der Waals surface area contributed by atoms with Gasteiger partial charge in [0.1, 0.15) is 4.90 Å². The first-order valence-electron chi connectivity index (χ1n) is 5.22. The number of sulfonamides is 1. The van der Waals surface area contributed by atoms with Crippen molar-refractivity contribution in [2.45, 2.75) is 37.3 Å². The number of rotatable bonds is 5. The molecule has 0 saturated heterocycles. The lowest BCUT2D eigenvalue weighted by molar-refractivity contribution is 0.0661. The van der Waals surface area contributed by atoms with Gasteiger partial charge in [-0.2, -0.15) is 0 Å². The predicted molar refractivity (Wildman–Crippen MR) is 69.4 cm³/mol. The Kier molecular flexibility index (Phi) is 4.45. The van der Waals surface area contributed by atoms with Gasteiger partial charge in [-0.05, 0) is 36.7 Å². The van der Waals surface area contributed by atoms with E-state index in [4.69, 9.17) is 9.52 Å². The van der Waals surface area contributed by atoms with Gasteiger partial charge in [0.25, 0.3) is 0 Å². The molecule has 3 N–H and O–H groups in total. The minimum Gasteiger partial charge on any atom is -0.475 e. The van der Waals surface area contributed by atoms with Crippen LogP contribution < -0.4 is 4.72 Å². The molecule has 0 aromatic carbocycles. The molecule has 0 aliphatic heterocycles. The van der Waals surface area contributed by atoms with Crippen molar-refractivity contribution in [1.82, 2.24) is 4.72 Å². The molecule has 9 heteroatoms. The van der Waals surface area contributed by atoms with Crippen LogP contribution in [0.5, 0.6) is 0 Å². The number of halogens is 1. The van der Waals surface area contributed by atoms with Crippen molar-refractivity contribution < 1.29 is 27.8 Å². The summed E-state index contributed by atoms with van der Waals surface area (Å²) < 4.78 is 31.1. The number of hydrogen-bond donors (Lipinski definition) is 3. The molecule has 0 radical (unpaired) electrons. The average molecular weight is 356 g/mol. The summed E-state index contributed by atoms with van der Waals surface area (Å²) in [5.74, 6) is -1.88. The molecule has 0 amide bonds. The summed E-state index contributed by atoms with van der Waals surface area (Å²) in [5.41, 5.74) is -1.11. The Morgan fingerprint density at radius 2 is 2.05 bits per heavy atom. The predicted octanol–water partition coefficient (Wildman–Crippen LogP) is 1.18. The highest BCUT2D eigenvalue weighted by molar-refractivity contribution is 9.10. The molecular weight excluding hydrogens is 342 g/mol. The molecule has 0 aliphatic carbocycles. The van der Waals surface area contributed by atoms with Crippen LogP contribution in [0.2, 0.25) is 0 Å². The van der Waals surface area contributed by atoms with Crippen LogP contribution in [-0.2, 0) is 10.0 Å². The zero-order valence-corrected chi connectivity index (χ0v) is 12.9. The number of hydrogen-bond acceptors (Lipinski definition) is 5. The maximum atomic E-state index is 12.1. The van der Waals surface area contributed by atoms with Gasteiger partial charge in [0, 0.05) is 6.07 Å². The van der Waals surface area contributed by atoms with Crippen LogP contribution in [0.1, 0.15) is 31.3 Å². The third-order valence-electron chi connectivity index (χ3n) is 2.60. The number of aromatic carboxylic acids is 1. The summed E-state index contributed by atoms with van der Waals surface area (Å²) in [7, 11) is -4.02. The second-order valence-corrected chi connectivity index (χ2v) is 6.93. The molecular formula is C10H14BrNO6S. The van der Waals surface area contributed by atoms with Gasteiger partial charge in [0.15, 0.2) is 4.67 Å². The van der Waals surface area contributed by atoms with Crippen LogP contribution in [-0.4, -0.2) is 36.2 Å². The molecule has 1 rings (SSSR count). The first kappa shape index (κ1) is 16.2. The lowest BCUT2D eigenvalue weighted by Gasteiger charge is -2.28. The maximum Gasteiger partial charge on any atom is 0.371 e. The Morgan fingerprint density at radius 3 is 2.42 bits per heavy atom. The van der Waals surface area contributed by atoms with Crippen molar-refractivity contribution in [3.8, 4) is 0 Å². The topological polar surface area (TPSA) is 117 Å². The zero-order valence-electron chi connectivity index (χ0n) is 10.5. The van der Waals surface area contributed by atoms with Gasteiger partial charge in [-0.1, -0.05) is 0 Å². The standard InChI is InChI=1S/C10H14BrNO6S/c1-5(13)10(2,3)12-19(16,17)7-4-6(9(14)15)18-8(7)11/h4-5,12-13H,1-3H3,(H,14,15). The lowest BCUT2D eigenvalue weighted by Crippen LogP contribution is -2.50. The van der Waals surface area contributed by atoms with Crippen molar-refractivity contribution in [1.29, 1.82) is 0 Å². The van der Waals surface area contributed by atoms with E-state index in [9.17, 15) is 18.3 Å². The molecule has 1 heterocycles. The Hall–Kier alpha value is -0.900. The smallest absolute Gasteiger partial charge is 0.371 e. The Bertz CT molecular complexity index is 589. The van der Waals surface area contributed by atoms with E-state index in [0.29, 0.717) is 0 Å². The van der Waals surface area contributed by atoms with Gasteiger partial charge in [-0.25, -0.2) is 17.9 Å². The molecule has 0 aliphatic rings. The number of furan rings is 1. The van der Waals surface area contributed by atoms with Crippen molar-refractivity contribution >= 4 is 31.9 Å². The highest BCUT2D eigenvalue weighted by Gasteiger charge is 2.33. The largest absolute Gasteiger partial charge is 0.475 e. The first-order valence-corrected chi connectivity index (χ1v) is 7.49. The molecule has 0 bridgehead atoms. The van der Waals surface area contributed by atoms with Gasteiger partial charge >= 0.3 is 5.97 Å². The fourth-order valence-electron chi connectivity index (χ4n) is 1.13. The SMILES string of the molecule is CC(O)C(C)(C)NS(=O)(=O)c1cc(C(=O)O)oc1Br. The number of nitrogens with one attached hydrogen (secondary N) is 1. The first-order chi connectivity index (χ1) is 8.47. The second kappa shape index (κ2) is 5.23. The van der Waals surface area contributed by atoms with Crippen LogP contribution >= 0.6 is 15.9 Å². The van der Waals surface area contributed by atoms with Crippen molar-refractivity contribution in [2.75, 3.05) is 0 Å². The van der Waals surface area contributed by atoms with Gasteiger partial charge in [0.05, 0.1) is 11.6 Å². The fraction of sp³-hybridized carbons (Fsp3) is 0.500. The zero-order chi connectivity index (χ0) is 15.0. The molecule has 1 aromatic heterocycles. The second-order valence-electron chi connectivity index (χ2n) is 4.56. The maximum absolute atomic E-state index is 12.1. The summed E-state index contributed by atoms with van der Waals surface area (Å²) >= 11 is 2.85. The van der Waals surface area contributed by atoms with E-state index < -0.39 is 33.4 Å². The van der Waals surface area contributed by atoms with Crippen LogP contribution in [0.3, 0.4) is 0 Å². The molecule has 19 heavy (non-hydrogen) atoms. The molecule has 7 nitrogen and oxygen atoms in total. The monoisotopic (exact) mass is 355 g/mol. The van der Waals surface area contributed by atoms with E-state index in [1.54, 1.807) is 0 Å². The van der Waals surface area contributed by atoms with Gasteiger partial charge in [-0.15, -0.1) is 0 Å². The third-order valence-corrected chi connectivity index (χ3v) is 5.13. The normalized spacial score (nSPS) is 14.4. The summed E-state index contributed by atoms with van der Waals surface area (Å²) in [6.45, 7) is 4.44. The summed E-state index contributed by atoms with van der Waals surface area (Å²) in [6, 6.07) is 0.896. The van der Waals surface area contributed by atoms with Crippen molar-refractivity contribution in [3.05, 3.63) is 16.5 Å². The Labute approximate surface area is 118 Å². The van der Waals surface area contributed by atoms with Crippen LogP contribution in [0.4, 0.5) is 0 Å². The number of aliphatic hydroxyl groups excluding tert-OH is 1. The molecule has 108 valence electrons. The van der Waals surface area contributed by atoms with Crippen LogP contribution in [0, 0.1) is 0 Å². The minimum atomic E-state index is -4.02. The van der Waals surface area contributed by atoms with Crippen LogP contribution in [0.15, 0.2) is 20.0 Å². The third kappa shape index (κ3) is 3.56. The summed E-state index contributed by atoms with van der Waals surface area (Å²) in [5, 5.41) is 18.2. The molecule has 1 atom stereocenters. The van der Waals surface area contributed by atoms with E-state index in [1.165, 1.54) is 20.8 Å². The van der Waals surface area contributed by atoms with Crippen molar-refractivity contribution in [2.24, 2.45) is 0 Å². The summed E-state index contributed by atoms with van der Waals surface area (Å²) in [4.78, 5) is 10.4. The minimum absolute atomic E-state index is 0.209.